The molecule has 0 aliphatic heterocycles. The van der Waals surface area contributed by atoms with Gasteiger partial charge in [0.1, 0.15) is 5.75 Å². The van der Waals surface area contributed by atoms with Gasteiger partial charge in [0.25, 0.3) is 0 Å². The summed E-state index contributed by atoms with van der Waals surface area (Å²) in [6, 6.07) is 18.8. The minimum Gasteiger partial charge on any atom is -0.618 e. The summed E-state index contributed by atoms with van der Waals surface area (Å²) < 4.78 is 6.27. The normalized spacial score (nSPS) is 10.6. The molecule has 0 aliphatic carbocycles. The Labute approximate surface area is 111 Å². The Balaban J connectivity index is 2.28. The first kappa shape index (κ1) is 11.5. The number of fused-ring (bicyclic) bond motifs is 1. The molecule has 1 aromatic heterocycles. The molecular weight excluding hydrogens is 238 g/mol. The summed E-state index contributed by atoms with van der Waals surface area (Å²) in [5.74, 6) is 0.697. The van der Waals surface area contributed by atoms with Crippen molar-refractivity contribution in [2.24, 2.45) is 0 Å². The predicted molar refractivity (Wildman–Crippen MR) is 74.9 cm³/mol. The van der Waals surface area contributed by atoms with Gasteiger partial charge in [-0.25, -0.2) is 0 Å². The highest BCUT2D eigenvalue weighted by Gasteiger charge is 2.15. The van der Waals surface area contributed by atoms with Crippen molar-refractivity contribution in [3.63, 3.8) is 0 Å². The van der Waals surface area contributed by atoms with E-state index in [0.29, 0.717) is 17.0 Å². The molecule has 94 valence electrons. The smallest absolute Gasteiger partial charge is 0.228 e. The van der Waals surface area contributed by atoms with Crippen LogP contribution in [0.15, 0.2) is 60.7 Å². The van der Waals surface area contributed by atoms with Crippen LogP contribution in [0.5, 0.6) is 5.75 Å². The molecule has 0 bridgehead atoms. The van der Waals surface area contributed by atoms with E-state index < -0.39 is 0 Å². The zero-order valence-electron chi connectivity index (χ0n) is 10.5. The molecule has 0 unspecified atom stereocenters. The molecule has 0 saturated carbocycles. The van der Waals surface area contributed by atoms with Gasteiger partial charge in [0, 0.05) is 17.5 Å². The lowest BCUT2D eigenvalue weighted by atomic mass is 10.1. The fourth-order valence-corrected chi connectivity index (χ4v) is 2.24. The van der Waals surface area contributed by atoms with E-state index in [-0.39, 0.29) is 0 Å². The van der Waals surface area contributed by atoms with Gasteiger partial charge in [-0.05, 0) is 24.3 Å². The van der Waals surface area contributed by atoms with E-state index in [1.54, 1.807) is 7.11 Å². The third-order valence-electron chi connectivity index (χ3n) is 3.18. The Bertz CT molecular complexity index is 738. The summed E-state index contributed by atoms with van der Waals surface area (Å²) in [7, 11) is 1.61. The Morgan fingerprint density at radius 1 is 0.895 bits per heavy atom. The molecule has 0 spiro atoms. The van der Waals surface area contributed by atoms with Crippen molar-refractivity contribution in [1.82, 2.24) is 0 Å². The third kappa shape index (κ3) is 1.89. The van der Waals surface area contributed by atoms with Crippen molar-refractivity contribution < 1.29 is 9.47 Å². The van der Waals surface area contributed by atoms with Gasteiger partial charge < -0.3 is 9.94 Å². The number of aromatic nitrogens is 1. The van der Waals surface area contributed by atoms with Crippen LogP contribution in [-0.4, -0.2) is 7.11 Å². The number of hydrogen-bond acceptors (Lipinski definition) is 2. The molecular formula is C16H13NO2. The first-order valence-electron chi connectivity index (χ1n) is 6.06. The molecule has 0 radical (unpaired) electrons. The molecule has 19 heavy (non-hydrogen) atoms. The number of hydrogen-bond donors (Lipinski definition) is 0. The van der Waals surface area contributed by atoms with Gasteiger partial charge in [-0.15, -0.1) is 0 Å². The largest absolute Gasteiger partial charge is 0.618 e. The summed E-state index contributed by atoms with van der Waals surface area (Å²) in [6.07, 6.45) is 0. The van der Waals surface area contributed by atoms with Crippen LogP contribution >= 0.6 is 0 Å². The van der Waals surface area contributed by atoms with Gasteiger partial charge in [0.15, 0.2) is 0 Å². The average molecular weight is 251 g/mol. The quantitative estimate of drug-likeness (QED) is 0.518. The second-order valence-electron chi connectivity index (χ2n) is 4.27. The molecule has 0 amide bonds. The molecule has 0 aliphatic rings. The minimum absolute atomic E-state index is 0.594. The topological polar surface area (TPSA) is 36.2 Å². The summed E-state index contributed by atoms with van der Waals surface area (Å²) in [5.41, 5.74) is 2.05. The molecule has 0 atom stereocenters. The number of benzene rings is 2. The van der Waals surface area contributed by atoms with Crippen LogP contribution in [-0.2, 0) is 0 Å². The molecule has 3 heteroatoms. The number of nitrogens with zero attached hydrogens (tertiary/aromatic N) is 1. The standard InChI is InChI=1S/C16H13NO2/c1-19-16-9-5-3-7-13(16)15-11-10-12-6-2-4-8-14(12)17(15)18/h2-11H,1H3. The maximum atomic E-state index is 12.5. The van der Waals surface area contributed by atoms with E-state index >= 15 is 0 Å². The number of methoxy groups -OCH3 is 1. The van der Waals surface area contributed by atoms with E-state index in [0.717, 1.165) is 15.7 Å². The lowest BCUT2D eigenvalue weighted by Gasteiger charge is -2.10. The van der Waals surface area contributed by atoms with E-state index in [4.69, 9.17) is 4.74 Å². The SMILES string of the molecule is COc1ccccc1-c1ccc2ccccc2[n+]1[O-]. The van der Waals surface area contributed by atoms with Crippen LogP contribution in [0, 0.1) is 5.21 Å². The number of ether oxygens (including phenoxy) is 1. The molecule has 3 nitrogen and oxygen atoms in total. The zero-order chi connectivity index (χ0) is 13.2. The van der Waals surface area contributed by atoms with Crippen molar-refractivity contribution >= 4 is 10.9 Å². The molecule has 0 N–H and O–H groups in total. The Kier molecular flexibility index (Phi) is 2.80. The monoisotopic (exact) mass is 251 g/mol. The number of rotatable bonds is 2. The second kappa shape index (κ2) is 4.61. The Morgan fingerprint density at radius 3 is 2.47 bits per heavy atom. The van der Waals surface area contributed by atoms with Gasteiger partial charge in [-0.3, -0.25) is 0 Å². The molecule has 3 aromatic rings. The van der Waals surface area contributed by atoms with Crippen LogP contribution in [0.3, 0.4) is 0 Å². The van der Waals surface area contributed by atoms with E-state index in [2.05, 4.69) is 0 Å². The summed E-state index contributed by atoms with van der Waals surface area (Å²) in [6.45, 7) is 0. The van der Waals surface area contributed by atoms with Crippen LogP contribution in [0.25, 0.3) is 22.2 Å². The second-order valence-corrected chi connectivity index (χ2v) is 4.27. The summed E-state index contributed by atoms with van der Waals surface area (Å²) >= 11 is 0. The average Bonchev–Trinajstić information content (AvgIpc) is 2.48. The molecule has 3 rings (SSSR count). The number of para-hydroxylation sites is 2. The van der Waals surface area contributed by atoms with Crippen molar-refractivity contribution in [3.8, 4) is 17.0 Å². The van der Waals surface area contributed by atoms with Crippen LogP contribution in [0.2, 0.25) is 0 Å². The fraction of sp³-hybridized carbons (Fsp3) is 0.0625. The Hall–Kier alpha value is -2.55. The van der Waals surface area contributed by atoms with Crippen LogP contribution in [0.1, 0.15) is 0 Å². The minimum atomic E-state index is 0.594. The van der Waals surface area contributed by atoms with Crippen LogP contribution < -0.4 is 9.47 Å². The van der Waals surface area contributed by atoms with E-state index in [1.807, 2.05) is 60.7 Å². The Morgan fingerprint density at radius 2 is 1.63 bits per heavy atom. The van der Waals surface area contributed by atoms with Crippen molar-refractivity contribution in [1.29, 1.82) is 0 Å². The van der Waals surface area contributed by atoms with Crippen molar-refractivity contribution in [2.75, 3.05) is 7.11 Å². The van der Waals surface area contributed by atoms with Gasteiger partial charge >= 0.3 is 0 Å². The van der Waals surface area contributed by atoms with Gasteiger partial charge in [0.2, 0.25) is 11.2 Å². The zero-order valence-corrected chi connectivity index (χ0v) is 10.5. The highest BCUT2D eigenvalue weighted by molar-refractivity contribution is 5.78. The fourth-order valence-electron chi connectivity index (χ4n) is 2.24. The summed E-state index contributed by atoms with van der Waals surface area (Å²) in [4.78, 5) is 0. The van der Waals surface area contributed by atoms with Crippen molar-refractivity contribution in [3.05, 3.63) is 65.9 Å². The predicted octanol–water partition coefficient (Wildman–Crippen LogP) is 3.15. The molecule has 0 fully saturated rings. The highest BCUT2D eigenvalue weighted by Crippen LogP contribution is 2.28. The lowest BCUT2D eigenvalue weighted by molar-refractivity contribution is -0.565. The van der Waals surface area contributed by atoms with Gasteiger partial charge in [0.05, 0.1) is 12.7 Å². The van der Waals surface area contributed by atoms with Crippen molar-refractivity contribution in [2.45, 2.75) is 0 Å². The van der Waals surface area contributed by atoms with E-state index in [1.165, 1.54) is 0 Å². The molecule has 0 saturated heterocycles. The first-order chi connectivity index (χ1) is 9.31. The molecule has 2 aromatic carbocycles. The summed E-state index contributed by atoms with van der Waals surface area (Å²) in [5, 5.41) is 13.4. The van der Waals surface area contributed by atoms with E-state index in [9.17, 15) is 5.21 Å². The highest BCUT2D eigenvalue weighted by atomic mass is 16.5. The first-order valence-corrected chi connectivity index (χ1v) is 6.06. The number of pyridine rings is 1. The maximum Gasteiger partial charge on any atom is 0.228 e. The maximum absolute atomic E-state index is 12.5. The van der Waals surface area contributed by atoms with Crippen LogP contribution in [0.4, 0.5) is 0 Å². The van der Waals surface area contributed by atoms with Gasteiger partial charge in [-0.2, -0.15) is 4.73 Å². The lowest BCUT2D eigenvalue weighted by Crippen LogP contribution is -2.30. The molecule has 1 heterocycles. The van der Waals surface area contributed by atoms with Gasteiger partial charge in [-0.1, -0.05) is 24.3 Å². The third-order valence-corrected chi connectivity index (χ3v) is 3.18.